The summed E-state index contributed by atoms with van der Waals surface area (Å²) in [7, 11) is -4.29. The van der Waals surface area contributed by atoms with Crippen LogP contribution in [0.1, 0.15) is 49.3 Å². The minimum atomic E-state index is -5.91. The molecule has 1 fully saturated rings. The second kappa shape index (κ2) is 11.8. The molecule has 4 nitrogen and oxygen atoms in total. The van der Waals surface area contributed by atoms with Gasteiger partial charge in [-0.25, -0.2) is 12.8 Å². The SMILES string of the molecule is CC1(N)CCC(c2ccc(C(OCc3ccccc3)(C(F)(F)F)C(F)(F)F)cc2)(S(=O)(=O)c2ccc(F)cc2)CC1.Cl. The van der Waals surface area contributed by atoms with E-state index >= 15 is 0 Å². The molecule has 0 aromatic heterocycles. The van der Waals surface area contributed by atoms with Gasteiger partial charge in [0.2, 0.25) is 0 Å². The number of ether oxygens (including phenoxy) is 1. The van der Waals surface area contributed by atoms with E-state index in [1.54, 1.807) is 13.0 Å². The highest BCUT2D eigenvalue weighted by Gasteiger charge is 2.73. The maximum Gasteiger partial charge on any atom is 0.430 e. The minimum absolute atomic E-state index is 0. The van der Waals surface area contributed by atoms with E-state index < -0.39 is 56.1 Å². The molecule has 13 heteroatoms. The van der Waals surface area contributed by atoms with Gasteiger partial charge < -0.3 is 10.5 Å². The number of rotatable bonds is 7. The molecule has 0 atom stereocenters. The van der Waals surface area contributed by atoms with Crippen molar-refractivity contribution in [2.24, 2.45) is 5.73 Å². The summed E-state index contributed by atoms with van der Waals surface area (Å²) in [6.45, 7) is 0.745. The van der Waals surface area contributed by atoms with Crippen molar-refractivity contribution in [1.29, 1.82) is 0 Å². The van der Waals surface area contributed by atoms with E-state index in [0.717, 1.165) is 36.4 Å². The van der Waals surface area contributed by atoms with Crippen molar-refractivity contribution < 1.29 is 43.9 Å². The Hall–Kier alpha value is -2.67. The van der Waals surface area contributed by atoms with E-state index in [9.17, 15) is 39.2 Å². The van der Waals surface area contributed by atoms with Gasteiger partial charge in [-0.3, -0.25) is 0 Å². The first kappa shape index (κ1) is 33.8. The van der Waals surface area contributed by atoms with E-state index in [-0.39, 0.29) is 54.1 Å². The summed E-state index contributed by atoms with van der Waals surface area (Å²) in [5.41, 5.74) is -0.329. The highest BCUT2D eigenvalue weighted by Crippen LogP contribution is 2.54. The molecular formula is C29H29ClF7NO3S. The van der Waals surface area contributed by atoms with Gasteiger partial charge in [0.1, 0.15) is 10.6 Å². The standard InChI is InChI=1S/C29H28F7NO3S.ClH/c1-25(37)15-17-26(18-16-25,41(38,39)24-13-11-23(30)12-14-24)21-7-9-22(10-8-21)27(28(31,32)33,29(34,35)36)40-19-20-5-3-2-4-6-20;/h2-14H,15-19,37H2,1H3;1H. The maximum absolute atomic E-state index is 14.3. The van der Waals surface area contributed by atoms with Crippen molar-refractivity contribution >= 4 is 22.2 Å². The highest BCUT2D eigenvalue weighted by molar-refractivity contribution is 7.92. The van der Waals surface area contributed by atoms with Crippen LogP contribution in [0.2, 0.25) is 0 Å². The van der Waals surface area contributed by atoms with Crippen LogP contribution in [0.3, 0.4) is 0 Å². The van der Waals surface area contributed by atoms with Crippen molar-refractivity contribution in [3.8, 4) is 0 Å². The van der Waals surface area contributed by atoms with Gasteiger partial charge >= 0.3 is 12.4 Å². The van der Waals surface area contributed by atoms with E-state index in [1.165, 1.54) is 24.3 Å². The lowest BCUT2D eigenvalue weighted by Crippen LogP contribution is -2.56. The van der Waals surface area contributed by atoms with Crippen LogP contribution in [-0.2, 0) is 31.5 Å². The third-order valence-electron chi connectivity index (χ3n) is 7.75. The first-order valence-electron chi connectivity index (χ1n) is 12.7. The quantitative estimate of drug-likeness (QED) is 0.212. The monoisotopic (exact) mass is 639 g/mol. The van der Waals surface area contributed by atoms with Crippen LogP contribution >= 0.6 is 12.4 Å². The Bertz CT molecular complexity index is 1430. The largest absolute Gasteiger partial charge is 0.430 e. The summed E-state index contributed by atoms with van der Waals surface area (Å²) in [6.07, 6.45) is -11.5. The molecule has 0 unspecified atom stereocenters. The number of alkyl halides is 6. The van der Waals surface area contributed by atoms with Gasteiger partial charge in [0, 0.05) is 11.1 Å². The average Bonchev–Trinajstić information content (AvgIpc) is 2.89. The van der Waals surface area contributed by atoms with Crippen molar-refractivity contribution in [2.75, 3.05) is 0 Å². The number of benzene rings is 3. The van der Waals surface area contributed by atoms with Gasteiger partial charge in [-0.2, -0.15) is 26.3 Å². The average molecular weight is 640 g/mol. The zero-order valence-corrected chi connectivity index (χ0v) is 23.9. The third kappa shape index (κ3) is 6.04. The fourth-order valence-corrected chi connectivity index (χ4v) is 7.42. The number of nitrogens with two attached hydrogens (primary N) is 1. The maximum atomic E-state index is 14.3. The Morgan fingerprint density at radius 3 is 1.76 bits per heavy atom. The summed E-state index contributed by atoms with van der Waals surface area (Å²) in [5, 5.41) is 0. The topological polar surface area (TPSA) is 69.4 Å². The molecule has 0 heterocycles. The van der Waals surface area contributed by atoms with E-state index in [0.29, 0.717) is 12.1 Å². The van der Waals surface area contributed by atoms with Gasteiger partial charge in [-0.15, -0.1) is 12.4 Å². The second-order valence-electron chi connectivity index (χ2n) is 10.6. The van der Waals surface area contributed by atoms with E-state index in [4.69, 9.17) is 10.5 Å². The van der Waals surface area contributed by atoms with Crippen LogP contribution in [0.25, 0.3) is 0 Å². The summed E-state index contributed by atoms with van der Waals surface area (Å²) in [4.78, 5) is -0.227. The number of hydrogen-bond acceptors (Lipinski definition) is 4. The molecule has 0 radical (unpaired) electrons. The smallest absolute Gasteiger partial charge is 0.349 e. The van der Waals surface area contributed by atoms with E-state index in [1.807, 2.05) is 0 Å². The van der Waals surface area contributed by atoms with Crippen molar-refractivity contribution in [3.63, 3.8) is 0 Å². The van der Waals surface area contributed by atoms with Crippen LogP contribution in [-0.4, -0.2) is 26.3 Å². The lowest BCUT2D eigenvalue weighted by atomic mass is 9.74. The predicted octanol–water partition coefficient (Wildman–Crippen LogP) is 7.74. The van der Waals surface area contributed by atoms with Crippen molar-refractivity contribution in [3.05, 3.63) is 101 Å². The summed E-state index contributed by atoms with van der Waals surface area (Å²) in [5.74, 6) is -0.674. The van der Waals surface area contributed by atoms with Gasteiger partial charge in [0.25, 0.3) is 5.60 Å². The Morgan fingerprint density at radius 2 is 1.29 bits per heavy atom. The molecule has 3 aromatic carbocycles. The normalized spacial score (nSPS) is 21.9. The van der Waals surface area contributed by atoms with Crippen LogP contribution in [0.4, 0.5) is 30.7 Å². The van der Waals surface area contributed by atoms with Gasteiger partial charge in [0.05, 0.1) is 11.5 Å². The first-order valence-corrected chi connectivity index (χ1v) is 14.2. The van der Waals surface area contributed by atoms with Crippen LogP contribution in [0, 0.1) is 5.82 Å². The lowest BCUT2D eigenvalue weighted by Gasteiger charge is -2.43. The molecule has 0 amide bonds. The van der Waals surface area contributed by atoms with Crippen LogP contribution in [0.15, 0.2) is 83.8 Å². The molecule has 3 aromatic rings. The Morgan fingerprint density at radius 1 is 0.786 bits per heavy atom. The summed E-state index contributed by atoms with van der Waals surface area (Å²) in [6, 6.07) is 14.4. The molecule has 1 aliphatic carbocycles. The number of hydrogen-bond donors (Lipinski definition) is 1. The molecule has 1 aliphatic rings. The fourth-order valence-electron chi connectivity index (χ4n) is 5.29. The summed E-state index contributed by atoms with van der Waals surface area (Å²) >= 11 is 0. The molecule has 4 rings (SSSR count). The molecule has 2 N–H and O–H groups in total. The highest BCUT2D eigenvalue weighted by atomic mass is 35.5. The minimum Gasteiger partial charge on any atom is -0.349 e. The molecule has 0 saturated heterocycles. The predicted molar refractivity (Wildman–Crippen MR) is 145 cm³/mol. The molecule has 0 spiro atoms. The van der Waals surface area contributed by atoms with Crippen molar-refractivity contribution in [1.82, 2.24) is 0 Å². The fraction of sp³-hybridized carbons (Fsp3) is 0.379. The Balaban J connectivity index is 0.00000484. The lowest BCUT2D eigenvalue weighted by molar-refractivity contribution is -0.392. The summed E-state index contributed by atoms with van der Waals surface area (Å²) < 4.78 is 130. The van der Waals surface area contributed by atoms with Crippen LogP contribution < -0.4 is 5.73 Å². The van der Waals surface area contributed by atoms with Crippen LogP contribution in [0.5, 0.6) is 0 Å². The Kier molecular flexibility index (Phi) is 9.49. The molecule has 0 bridgehead atoms. The third-order valence-corrected chi connectivity index (χ3v) is 10.3. The Labute approximate surface area is 245 Å². The first-order chi connectivity index (χ1) is 19.0. The molecule has 0 aliphatic heterocycles. The van der Waals surface area contributed by atoms with Gasteiger partial charge in [-0.1, -0.05) is 54.6 Å². The zero-order chi connectivity index (χ0) is 30.3. The zero-order valence-electron chi connectivity index (χ0n) is 22.3. The second-order valence-corrected chi connectivity index (χ2v) is 12.9. The molecule has 42 heavy (non-hydrogen) atoms. The number of halogens is 8. The molecular weight excluding hydrogens is 611 g/mol. The number of sulfone groups is 1. The van der Waals surface area contributed by atoms with Gasteiger partial charge in [0.15, 0.2) is 9.84 Å². The van der Waals surface area contributed by atoms with E-state index in [2.05, 4.69) is 0 Å². The van der Waals surface area contributed by atoms with Crippen molar-refractivity contribution in [2.45, 2.75) is 72.3 Å². The molecule has 230 valence electrons. The molecule has 1 saturated carbocycles. The van der Waals surface area contributed by atoms with Gasteiger partial charge in [-0.05, 0) is 68.0 Å².